The Morgan fingerprint density at radius 3 is 2.39 bits per heavy atom. The number of ether oxygens (including phenoxy) is 1. The zero-order chi connectivity index (χ0) is 46.1. The number of amides is 3. The Labute approximate surface area is 399 Å². The molecule has 1 atom stereocenters. The molecule has 0 bridgehead atoms. The number of hydrogen-bond acceptors (Lipinski definition) is 13. The van der Waals surface area contributed by atoms with Gasteiger partial charge in [-0.25, -0.2) is 9.29 Å². The molecule has 4 fully saturated rings. The van der Waals surface area contributed by atoms with Crippen LogP contribution in [0.1, 0.15) is 65.6 Å². The van der Waals surface area contributed by atoms with E-state index in [-0.39, 0.29) is 35.9 Å². The number of piperazine rings is 1. The van der Waals surface area contributed by atoms with E-state index < -0.39 is 16.3 Å². The Morgan fingerprint density at radius 1 is 0.851 bits per heavy atom. The van der Waals surface area contributed by atoms with Gasteiger partial charge in [-0.15, -0.1) is 0 Å². The lowest BCUT2D eigenvalue weighted by Gasteiger charge is -2.44. The minimum atomic E-state index is -3.86. The summed E-state index contributed by atoms with van der Waals surface area (Å²) in [6.07, 6.45) is 7.36. The Bertz CT molecular complexity index is 2750. The molecular weight excluding hydrogens is 939 g/mol. The number of nitrogens with one attached hydrogen (secondary N) is 2. The van der Waals surface area contributed by atoms with Gasteiger partial charge in [0.25, 0.3) is 5.91 Å². The molecule has 3 aromatic carbocycles. The van der Waals surface area contributed by atoms with Gasteiger partial charge in [0.2, 0.25) is 17.8 Å². The average Bonchev–Trinajstić information content (AvgIpc) is 3.99. The van der Waals surface area contributed by atoms with Gasteiger partial charge in [-0.05, 0) is 114 Å². The van der Waals surface area contributed by atoms with Gasteiger partial charge in [-0.1, -0.05) is 12.1 Å². The smallest absolute Gasteiger partial charge is 0.332 e. The van der Waals surface area contributed by atoms with Crippen LogP contribution < -0.4 is 33.8 Å². The van der Waals surface area contributed by atoms with Crippen LogP contribution in [-0.2, 0) is 32.8 Å². The Hall–Kier alpha value is -5.50. The van der Waals surface area contributed by atoms with Crippen LogP contribution in [0.3, 0.4) is 0 Å². The average molecular weight is 995 g/mol. The standard InChI is InChI=1S/C48H56BrN11O6S/c1-30-24-38(51-48-50-27-37(49)45(53-48)60-39-5-3-4-32-12-19-59(44(32)39)67(60,64)65)42(66-2)26-41(30)57-17-13-34(14-18-57)56-22-20-54(21-23-56)28-31-10-15-55(16-11-31)35-6-7-36-33(25-35)29-58(47(36)63)40-8-9-43(61)52-46(40)62/h3-7,24-27,31,34,40H,8-23,28-29H2,1-2H3,(H,50,51,53)(H,52,61,62). The van der Waals surface area contributed by atoms with E-state index in [1.807, 2.05) is 30.3 Å². The molecule has 3 amide bonds. The largest absolute Gasteiger partial charge is 0.494 e. The van der Waals surface area contributed by atoms with Crippen molar-refractivity contribution in [1.82, 2.24) is 30.0 Å². The molecule has 4 aromatic rings. The highest BCUT2D eigenvalue weighted by Crippen LogP contribution is 2.51. The third kappa shape index (κ3) is 8.04. The van der Waals surface area contributed by atoms with E-state index in [2.05, 4.69) is 76.3 Å². The quantitative estimate of drug-likeness (QED) is 0.196. The molecule has 2 N–H and O–H groups in total. The van der Waals surface area contributed by atoms with Gasteiger partial charge in [0.15, 0.2) is 5.82 Å². The molecule has 7 aliphatic rings. The van der Waals surface area contributed by atoms with E-state index in [9.17, 15) is 22.8 Å². The highest BCUT2D eigenvalue weighted by Gasteiger charge is 2.47. The van der Waals surface area contributed by atoms with Gasteiger partial charge in [-0.2, -0.15) is 13.4 Å². The molecule has 67 heavy (non-hydrogen) atoms. The number of rotatable bonds is 10. The number of piperidine rings is 3. The van der Waals surface area contributed by atoms with Crippen molar-refractivity contribution in [2.24, 2.45) is 5.92 Å². The van der Waals surface area contributed by atoms with Crippen LogP contribution >= 0.6 is 15.9 Å². The molecule has 352 valence electrons. The predicted octanol–water partition coefficient (Wildman–Crippen LogP) is 5.32. The molecule has 1 aromatic heterocycles. The molecule has 19 heteroatoms. The second-order valence-corrected chi connectivity index (χ2v) is 21.5. The first-order chi connectivity index (χ1) is 32.4. The third-order valence-electron chi connectivity index (χ3n) is 15.1. The van der Waals surface area contributed by atoms with E-state index >= 15 is 0 Å². The number of halogens is 1. The summed E-state index contributed by atoms with van der Waals surface area (Å²) in [7, 11) is -2.21. The summed E-state index contributed by atoms with van der Waals surface area (Å²) < 4.78 is 36.7. The third-order valence-corrected chi connectivity index (χ3v) is 17.4. The van der Waals surface area contributed by atoms with Gasteiger partial charge < -0.3 is 29.7 Å². The van der Waals surface area contributed by atoms with Crippen molar-refractivity contribution in [3.8, 4) is 5.75 Å². The first-order valence-corrected chi connectivity index (χ1v) is 25.8. The van der Waals surface area contributed by atoms with E-state index in [1.165, 1.54) is 8.61 Å². The maximum absolute atomic E-state index is 13.8. The molecule has 0 aliphatic carbocycles. The van der Waals surface area contributed by atoms with Gasteiger partial charge >= 0.3 is 10.2 Å². The SMILES string of the molecule is COc1cc(N2CCC(N3CCN(CC4CCN(c5ccc6c(c5)CN(C5CCC(=O)NC5=O)C6=O)CC4)CC3)CC2)c(C)cc1Nc1ncc(Br)c(N2c3cccc4c3N(CC4)S2(=O)=O)n1. The molecule has 4 saturated heterocycles. The van der Waals surface area contributed by atoms with Crippen LogP contribution in [0, 0.1) is 12.8 Å². The fourth-order valence-electron chi connectivity index (χ4n) is 11.5. The molecule has 0 spiro atoms. The predicted molar refractivity (Wildman–Crippen MR) is 260 cm³/mol. The number of para-hydroxylation sites is 1. The van der Waals surface area contributed by atoms with Gasteiger partial charge in [0.05, 0.1) is 28.6 Å². The van der Waals surface area contributed by atoms with E-state index in [1.54, 1.807) is 18.2 Å². The minimum absolute atomic E-state index is 0.128. The number of imide groups is 1. The summed E-state index contributed by atoms with van der Waals surface area (Å²) in [6, 6.07) is 15.9. The first kappa shape index (κ1) is 44.0. The fourth-order valence-corrected chi connectivity index (χ4v) is 13.7. The highest BCUT2D eigenvalue weighted by atomic mass is 79.9. The maximum Gasteiger partial charge on any atom is 0.332 e. The zero-order valence-corrected chi connectivity index (χ0v) is 40.3. The van der Waals surface area contributed by atoms with Gasteiger partial charge in [-0.3, -0.25) is 28.9 Å². The lowest BCUT2D eigenvalue weighted by atomic mass is 9.95. The number of hydrogen-bond donors (Lipinski definition) is 2. The molecule has 0 radical (unpaired) electrons. The maximum atomic E-state index is 13.8. The second-order valence-electron chi connectivity index (χ2n) is 18.9. The van der Waals surface area contributed by atoms with E-state index in [4.69, 9.17) is 9.72 Å². The lowest BCUT2D eigenvalue weighted by Crippen LogP contribution is -2.54. The number of nitrogens with zero attached hydrogens (tertiary/aromatic N) is 9. The van der Waals surface area contributed by atoms with Crippen molar-refractivity contribution < 1.29 is 27.5 Å². The van der Waals surface area contributed by atoms with Gasteiger partial charge in [0.1, 0.15) is 11.8 Å². The Kier molecular flexibility index (Phi) is 11.5. The first-order valence-electron chi connectivity index (χ1n) is 23.6. The van der Waals surface area contributed by atoms with Crippen LogP contribution in [0.5, 0.6) is 5.75 Å². The summed E-state index contributed by atoms with van der Waals surface area (Å²) in [6.45, 7) is 12.3. The number of methoxy groups -OCH3 is 1. The molecular formula is C48H56BrN11O6S. The van der Waals surface area contributed by atoms with Crippen molar-refractivity contribution in [1.29, 1.82) is 0 Å². The summed E-state index contributed by atoms with van der Waals surface area (Å²) in [4.78, 5) is 58.5. The number of benzene rings is 3. The van der Waals surface area contributed by atoms with Gasteiger partial charge in [0, 0.05) is 114 Å². The number of fused-ring (bicyclic) bond motifs is 1. The van der Waals surface area contributed by atoms with Crippen LogP contribution in [0.25, 0.3) is 0 Å². The second kappa shape index (κ2) is 17.5. The van der Waals surface area contributed by atoms with E-state index in [0.29, 0.717) is 65.1 Å². The molecule has 11 rings (SSSR count). The monoisotopic (exact) mass is 993 g/mol. The number of aryl methyl sites for hydroxylation is 1. The number of carbonyl (C=O) groups excluding carboxylic acids is 3. The molecule has 8 heterocycles. The molecule has 7 aliphatic heterocycles. The minimum Gasteiger partial charge on any atom is -0.494 e. The Morgan fingerprint density at radius 2 is 1.63 bits per heavy atom. The molecule has 1 unspecified atom stereocenters. The van der Waals surface area contributed by atoms with Crippen molar-refractivity contribution in [2.75, 3.05) is 96.3 Å². The van der Waals surface area contributed by atoms with E-state index in [0.717, 1.165) is 118 Å². The van der Waals surface area contributed by atoms with Crippen molar-refractivity contribution in [3.05, 3.63) is 81.5 Å². The van der Waals surface area contributed by atoms with Crippen LogP contribution in [-0.4, -0.2) is 135 Å². The molecule has 0 saturated carbocycles. The Balaban J connectivity index is 0.655. The highest BCUT2D eigenvalue weighted by molar-refractivity contribution is 9.10. The number of aromatic nitrogens is 2. The van der Waals surface area contributed by atoms with Crippen LogP contribution in [0.4, 0.5) is 40.2 Å². The van der Waals surface area contributed by atoms with Crippen LogP contribution in [0.2, 0.25) is 0 Å². The number of anilines is 7. The summed E-state index contributed by atoms with van der Waals surface area (Å²) >= 11 is 3.52. The van der Waals surface area contributed by atoms with Crippen LogP contribution in [0.15, 0.2) is 59.2 Å². The fraction of sp³-hybridized carbons (Fsp3) is 0.479. The summed E-state index contributed by atoms with van der Waals surface area (Å²) in [5.41, 5.74) is 8.01. The van der Waals surface area contributed by atoms with Crippen molar-refractivity contribution in [2.45, 2.75) is 70.5 Å². The topological polar surface area (TPSA) is 167 Å². The van der Waals surface area contributed by atoms with Crippen molar-refractivity contribution in [3.63, 3.8) is 0 Å². The number of carbonyl (C=O) groups is 3. The zero-order valence-electron chi connectivity index (χ0n) is 37.9. The molecule has 17 nitrogen and oxygen atoms in total. The normalized spacial score (nSPS) is 22.4. The lowest BCUT2D eigenvalue weighted by molar-refractivity contribution is -0.136. The summed E-state index contributed by atoms with van der Waals surface area (Å²) in [5.74, 6) is 1.04. The summed E-state index contributed by atoms with van der Waals surface area (Å²) in [5, 5.41) is 5.71. The van der Waals surface area contributed by atoms with Crippen molar-refractivity contribution >= 4 is 84.1 Å².